The van der Waals surface area contributed by atoms with Crippen molar-refractivity contribution < 1.29 is 19.1 Å². The van der Waals surface area contributed by atoms with Crippen LogP contribution < -0.4 is 21.7 Å². The number of alkyl carbamates (subject to hydrolysis) is 2. The highest BCUT2D eigenvalue weighted by atomic mass is 16.6. The molecule has 0 aromatic heterocycles. The van der Waals surface area contributed by atoms with Crippen LogP contribution in [0.3, 0.4) is 0 Å². The molecule has 196 valence electrons. The quantitative estimate of drug-likeness (QED) is 0.240. The zero-order chi connectivity index (χ0) is 25.2. The molecular formula is C24H51N5O4. The van der Waals surface area contributed by atoms with Crippen molar-refractivity contribution in [1.82, 2.24) is 20.9 Å². The van der Waals surface area contributed by atoms with E-state index < -0.39 is 11.2 Å². The Morgan fingerprint density at radius 1 is 0.667 bits per heavy atom. The number of hydrogen-bond donors (Lipinski definition) is 4. The molecule has 0 saturated carbocycles. The highest BCUT2D eigenvalue weighted by molar-refractivity contribution is 5.67. The molecule has 33 heavy (non-hydrogen) atoms. The van der Waals surface area contributed by atoms with Crippen LogP contribution in [0.4, 0.5) is 9.59 Å². The molecule has 9 heteroatoms. The third-order valence-electron chi connectivity index (χ3n) is 4.52. The van der Waals surface area contributed by atoms with Crippen molar-refractivity contribution in [3.8, 4) is 0 Å². The molecule has 0 spiro atoms. The fraction of sp³-hybridized carbons (Fsp3) is 0.917. The summed E-state index contributed by atoms with van der Waals surface area (Å²) in [5.41, 5.74) is 4.70. The number of unbranched alkanes of at least 4 members (excludes halogenated alkanes) is 2. The van der Waals surface area contributed by atoms with Crippen molar-refractivity contribution in [3.05, 3.63) is 0 Å². The van der Waals surface area contributed by atoms with Gasteiger partial charge in [-0.2, -0.15) is 0 Å². The molecule has 0 aromatic carbocycles. The van der Waals surface area contributed by atoms with Gasteiger partial charge in [0.2, 0.25) is 0 Å². The van der Waals surface area contributed by atoms with Crippen LogP contribution in [0.25, 0.3) is 0 Å². The van der Waals surface area contributed by atoms with E-state index in [1.54, 1.807) is 0 Å². The van der Waals surface area contributed by atoms with Crippen LogP contribution in [0.15, 0.2) is 0 Å². The van der Waals surface area contributed by atoms with Crippen molar-refractivity contribution in [2.24, 2.45) is 5.73 Å². The average molecular weight is 474 g/mol. The topological polar surface area (TPSA) is 118 Å². The summed E-state index contributed by atoms with van der Waals surface area (Å²) in [4.78, 5) is 25.8. The van der Waals surface area contributed by atoms with Gasteiger partial charge in [-0.25, -0.2) is 9.59 Å². The molecule has 0 heterocycles. The molecule has 0 fully saturated rings. The normalized spacial score (nSPS) is 12.0. The molecule has 0 radical (unpaired) electrons. The number of ether oxygens (including phenoxy) is 2. The first-order valence-corrected chi connectivity index (χ1v) is 12.5. The molecule has 0 saturated heterocycles. The lowest BCUT2D eigenvalue weighted by Crippen LogP contribution is -2.35. The summed E-state index contributed by atoms with van der Waals surface area (Å²) in [5, 5.41) is 9.03. The van der Waals surface area contributed by atoms with Crippen LogP contribution in [0.1, 0.15) is 80.1 Å². The molecule has 0 aromatic rings. The summed E-state index contributed by atoms with van der Waals surface area (Å²) < 4.78 is 10.5. The summed E-state index contributed by atoms with van der Waals surface area (Å²) in [7, 11) is 0. The number of carbonyl (C=O) groups is 2. The number of hydrogen-bond acceptors (Lipinski definition) is 7. The molecule has 0 rings (SSSR count). The molecule has 0 aliphatic carbocycles. The first kappa shape index (κ1) is 31.4. The van der Waals surface area contributed by atoms with Gasteiger partial charge >= 0.3 is 12.2 Å². The minimum absolute atomic E-state index is 0.357. The standard InChI is InChI=1S/C24H51N5O4/c1-23(2,3)32-21(30)27-16-11-15-26-14-8-10-19-29(18-9-7-13-25)20-12-17-28-22(31)33-24(4,5)6/h26H,7-20,25H2,1-6H3,(H,27,30)(H,28,31). The van der Waals surface area contributed by atoms with E-state index in [2.05, 4.69) is 20.9 Å². The Bertz CT molecular complexity index is 518. The Balaban J connectivity index is 3.88. The molecule has 0 aliphatic heterocycles. The van der Waals surface area contributed by atoms with Gasteiger partial charge < -0.3 is 36.1 Å². The van der Waals surface area contributed by atoms with Crippen LogP contribution in [0.2, 0.25) is 0 Å². The smallest absolute Gasteiger partial charge is 0.407 e. The zero-order valence-electron chi connectivity index (χ0n) is 22.1. The van der Waals surface area contributed by atoms with Gasteiger partial charge in [0.15, 0.2) is 0 Å². The van der Waals surface area contributed by atoms with E-state index in [0.717, 1.165) is 77.8 Å². The largest absolute Gasteiger partial charge is 0.444 e. The molecule has 9 nitrogen and oxygen atoms in total. The van der Waals surface area contributed by atoms with Gasteiger partial charge in [0.25, 0.3) is 0 Å². The maximum atomic E-state index is 11.7. The minimum Gasteiger partial charge on any atom is -0.444 e. The van der Waals surface area contributed by atoms with Crippen molar-refractivity contribution >= 4 is 12.2 Å². The molecule has 2 amide bonds. The highest BCUT2D eigenvalue weighted by Gasteiger charge is 2.16. The SMILES string of the molecule is CC(C)(C)OC(=O)NCCCNCCCCN(CCCCN)CCCNC(=O)OC(C)(C)C. The summed E-state index contributed by atoms with van der Waals surface area (Å²) in [6, 6.07) is 0. The second-order valence-electron chi connectivity index (χ2n) is 10.4. The van der Waals surface area contributed by atoms with Gasteiger partial charge in [-0.05, 0) is 119 Å². The van der Waals surface area contributed by atoms with Crippen LogP contribution >= 0.6 is 0 Å². The Hall–Kier alpha value is -1.58. The van der Waals surface area contributed by atoms with Crippen LogP contribution in [-0.2, 0) is 9.47 Å². The predicted octanol–water partition coefficient (Wildman–Crippen LogP) is 3.23. The van der Waals surface area contributed by atoms with E-state index >= 15 is 0 Å². The van der Waals surface area contributed by atoms with Gasteiger partial charge in [-0.3, -0.25) is 0 Å². The third kappa shape index (κ3) is 23.4. The molecule has 0 atom stereocenters. The monoisotopic (exact) mass is 473 g/mol. The minimum atomic E-state index is -0.471. The van der Waals surface area contributed by atoms with Gasteiger partial charge in [-0.1, -0.05) is 0 Å². The molecule has 5 N–H and O–H groups in total. The van der Waals surface area contributed by atoms with E-state index in [1.165, 1.54) is 0 Å². The summed E-state index contributed by atoms with van der Waals surface area (Å²) >= 11 is 0. The fourth-order valence-corrected chi connectivity index (χ4v) is 3.05. The van der Waals surface area contributed by atoms with Crippen molar-refractivity contribution in [3.63, 3.8) is 0 Å². The number of carbonyl (C=O) groups excluding carboxylic acids is 2. The van der Waals surface area contributed by atoms with Crippen LogP contribution in [0, 0.1) is 0 Å². The Morgan fingerprint density at radius 3 is 1.64 bits per heavy atom. The van der Waals surface area contributed by atoms with Gasteiger partial charge in [0.05, 0.1) is 0 Å². The van der Waals surface area contributed by atoms with Crippen molar-refractivity contribution in [2.45, 2.75) is 91.3 Å². The summed E-state index contributed by atoms with van der Waals surface area (Å²) in [6.07, 6.45) is 5.39. The van der Waals surface area contributed by atoms with E-state index in [1.807, 2.05) is 41.5 Å². The zero-order valence-corrected chi connectivity index (χ0v) is 22.1. The number of nitrogens with zero attached hydrogens (tertiary/aromatic N) is 1. The highest BCUT2D eigenvalue weighted by Crippen LogP contribution is 2.07. The number of nitrogens with two attached hydrogens (primary N) is 1. The van der Waals surface area contributed by atoms with E-state index in [4.69, 9.17) is 15.2 Å². The second-order valence-corrected chi connectivity index (χ2v) is 10.4. The van der Waals surface area contributed by atoms with Crippen LogP contribution in [-0.4, -0.2) is 80.6 Å². The maximum absolute atomic E-state index is 11.7. The third-order valence-corrected chi connectivity index (χ3v) is 4.52. The van der Waals surface area contributed by atoms with E-state index in [0.29, 0.717) is 13.1 Å². The Kier molecular flexibility index (Phi) is 17.0. The fourth-order valence-electron chi connectivity index (χ4n) is 3.05. The number of rotatable bonds is 17. The average Bonchev–Trinajstić information content (AvgIpc) is 2.66. The lowest BCUT2D eigenvalue weighted by molar-refractivity contribution is 0.0514. The number of amides is 2. The molecule has 0 bridgehead atoms. The molecular weight excluding hydrogens is 422 g/mol. The Labute approximate surface area is 201 Å². The van der Waals surface area contributed by atoms with Crippen molar-refractivity contribution in [2.75, 3.05) is 52.4 Å². The Morgan fingerprint density at radius 2 is 1.12 bits per heavy atom. The summed E-state index contributed by atoms with van der Waals surface area (Å²) in [5.74, 6) is 0. The number of nitrogens with one attached hydrogen (secondary N) is 3. The van der Waals surface area contributed by atoms with Crippen molar-refractivity contribution in [1.29, 1.82) is 0 Å². The first-order valence-electron chi connectivity index (χ1n) is 12.5. The second kappa shape index (κ2) is 17.8. The van der Waals surface area contributed by atoms with E-state index in [9.17, 15) is 9.59 Å². The van der Waals surface area contributed by atoms with Gasteiger partial charge in [0, 0.05) is 13.1 Å². The molecule has 0 aliphatic rings. The van der Waals surface area contributed by atoms with Gasteiger partial charge in [0.1, 0.15) is 11.2 Å². The van der Waals surface area contributed by atoms with E-state index in [-0.39, 0.29) is 12.2 Å². The van der Waals surface area contributed by atoms with Crippen LogP contribution in [0.5, 0.6) is 0 Å². The molecule has 0 unspecified atom stereocenters. The predicted molar refractivity (Wildman–Crippen MR) is 135 cm³/mol. The lowest BCUT2D eigenvalue weighted by atomic mass is 10.2. The summed E-state index contributed by atoms with van der Waals surface area (Å²) in [6.45, 7) is 17.9. The lowest BCUT2D eigenvalue weighted by Gasteiger charge is -2.23. The van der Waals surface area contributed by atoms with Gasteiger partial charge in [-0.15, -0.1) is 0 Å². The maximum Gasteiger partial charge on any atom is 0.407 e. The first-order chi connectivity index (χ1) is 15.4.